The monoisotopic (exact) mass is 573 g/mol. The Morgan fingerprint density at radius 1 is 0.614 bits per heavy atom. The number of para-hydroxylation sites is 2. The molecule has 6 aromatic carbocycles. The molecule has 0 saturated heterocycles. The van der Waals surface area contributed by atoms with E-state index >= 15 is 4.39 Å². The van der Waals surface area contributed by atoms with Crippen LogP contribution in [0.3, 0.4) is 0 Å². The molecule has 0 aliphatic rings. The number of nitrogens with zero attached hydrogens (tertiary/aromatic N) is 2. The number of rotatable bonds is 2. The Hall–Kier alpha value is -5.02. The minimum absolute atomic E-state index is 0.00953. The predicted molar refractivity (Wildman–Crippen MR) is 183 cm³/mol. The van der Waals surface area contributed by atoms with Crippen LogP contribution in [0.15, 0.2) is 115 Å². The van der Waals surface area contributed by atoms with E-state index in [0.717, 1.165) is 32.7 Å². The highest BCUT2D eigenvalue weighted by Gasteiger charge is 2.25. The molecule has 0 atom stereocenters. The molecule has 0 unspecified atom stereocenters. The molecule has 0 saturated carbocycles. The molecule has 2 aromatic heterocycles. The molecule has 0 spiro atoms. The van der Waals surface area contributed by atoms with Crippen LogP contribution >= 0.6 is 0 Å². The maximum Gasteiger partial charge on any atom is 0.220 e. The van der Waals surface area contributed by atoms with Gasteiger partial charge < -0.3 is 4.57 Å². The van der Waals surface area contributed by atoms with E-state index in [2.05, 4.69) is 129 Å². The molecule has 8 aromatic rings. The zero-order valence-electron chi connectivity index (χ0n) is 25.7. The summed E-state index contributed by atoms with van der Waals surface area (Å²) in [6.45, 7) is 9.13. The Morgan fingerprint density at radius 3 is 2.05 bits per heavy atom. The van der Waals surface area contributed by atoms with Crippen molar-refractivity contribution in [3.8, 4) is 16.9 Å². The van der Waals surface area contributed by atoms with E-state index in [1.807, 2.05) is 18.2 Å². The minimum Gasteiger partial charge on any atom is -0.306 e. The van der Waals surface area contributed by atoms with Crippen LogP contribution < -0.4 is 4.57 Å². The highest BCUT2D eigenvalue weighted by molar-refractivity contribution is 6.15. The van der Waals surface area contributed by atoms with Crippen LogP contribution in [0.1, 0.15) is 31.9 Å². The van der Waals surface area contributed by atoms with Gasteiger partial charge in [-0.3, -0.25) is 0 Å². The van der Waals surface area contributed by atoms with Crippen LogP contribution in [0.5, 0.6) is 0 Å². The van der Waals surface area contributed by atoms with Crippen LogP contribution in [-0.4, -0.2) is 4.57 Å². The molecular formula is C41H34FN2+. The van der Waals surface area contributed by atoms with Gasteiger partial charge in [-0.1, -0.05) is 93.6 Å². The second-order valence-corrected chi connectivity index (χ2v) is 13.1. The van der Waals surface area contributed by atoms with Crippen LogP contribution in [0.25, 0.3) is 71.1 Å². The summed E-state index contributed by atoms with van der Waals surface area (Å²) >= 11 is 0. The molecular weight excluding hydrogens is 539 g/mol. The summed E-state index contributed by atoms with van der Waals surface area (Å²) < 4.78 is 19.9. The number of pyridine rings is 1. The van der Waals surface area contributed by atoms with E-state index in [0.29, 0.717) is 5.52 Å². The second kappa shape index (κ2) is 9.49. The Morgan fingerprint density at radius 2 is 1.25 bits per heavy atom. The van der Waals surface area contributed by atoms with E-state index in [1.165, 1.54) is 43.9 Å². The number of aryl methyl sites for hydroxylation is 2. The third-order valence-electron chi connectivity index (χ3n) is 9.42. The lowest BCUT2D eigenvalue weighted by Gasteiger charge is -2.24. The fourth-order valence-electron chi connectivity index (χ4n) is 7.35. The van der Waals surface area contributed by atoms with Gasteiger partial charge in [0.1, 0.15) is 12.9 Å². The van der Waals surface area contributed by atoms with Gasteiger partial charge in [-0.25, -0.2) is 8.96 Å². The number of hydrogen-bond donors (Lipinski definition) is 0. The lowest BCUT2D eigenvalue weighted by molar-refractivity contribution is -0.659. The maximum atomic E-state index is 15.6. The molecule has 3 heteroatoms. The maximum absolute atomic E-state index is 15.6. The SMILES string of the molecule is Cc1c(-c2c3ccc4c(-n5c6ccccc6c6cccc(F)c65)cccc4c3cc[n+]2C)cc(C(C)(C)C)c2ccccc12. The van der Waals surface area contributed by atoms with Gasteiger partial charge in [0.05, 0.1) is 27.7 Å². The largest absolute Gasteiger partial charge is 0.306 e. The molecule has 0 amide bonds. The van der Waals surface area contributed by atoms with E-state index in [4.69, 9.17) is 0 Å². The Labute approximate surface area is 256 Å². The second-order valence-electron chi connectivity index (χ2n) is 13.1. The van der Waals surface area contributed by atoms with Gasteiger partial charge in [-0.2, -0.15) is 0 Å². The van der Waals surface area contributed by atoms with Gasteiger partial charge in [0, 0.05) is 27.6 Å². The van der Waals surface area contributed by atoms with Gasteiger partial charge in [0.15, 0.2) is 6.20 Å². The summed E-state index contributed by atoms with van der Waals surface area (Å²) in [6, 6.07) is 37.9. The first-order chi connectivity index (χ1) is 21.2. The topological polar surface area (TPSA) is 8.81 Å². The molecule has 0 fully saturated rings. The Bertz CT molecular complexity index is 2460. The van der Waals surface area contributed by atoms with Gasteiger partial charge in [0.25, 0.3) is 0 Å². The third kappa shape index (κ3) is 3.75. The zero-order valence-corrected chi connectivity index (χ0v) is 25.7. The summed E-state index contributed by atoms with van der Waals surface area (Å²) in [5, 5.41) is 9.22. The molecule has 0 N–H and O–H groups in total. The molecule has 0 bridgehead atoms. The number of aromatic nitrogens is 2. The van der Waals surface area contributed by atoms with Crippen molar-refractivity contribution in [1.82, 2.24) is 4.57 Å². The molecule has 8 rings (SSSR count). The molecule has 0 radical (unpaired) electrons. The van der Waals surface area contributed by atoms with Crippen LogP contribution in [0.2, 0.25) is 0 Å². The fraction of sp³-hybridized carbons (Fsp3) is 0.146. The first-order valence-corrected chi connectivity index (χ1v) is 15.3. The number of fused-ring (bicyclic) bond motifs is 7. The molecule has 0 aliphatic heterocycles. The lowest BCUT2D eigenvalue weighted by atomic mass is 9.80. The van der Waals surface area contributed by atoms with Crippen LogP contribution in [-0.2, 0) is 12.5 Å². The summed E-state index contributed by atoms with van der Waals surface area (Å²) in [5.74, 6) is -0.216. The average molecular weight is 574 g/mol. The molecule has 2 heterocycles. The lowest BCUT2D eigenvalue weighted by Crippen LogP contribution is -2.31. The van der Waals surface area contributed by atoms with Crippen molar-refractivity contribution in [3.63, 3.8) is 0 Å². The highest BCUT2D eigenvalue weighted by atomic mass is 19.1. The smallest absolute Gasteiger partial charge is 0.220 e. The Balaban J connectivity index is 1.46. The van der Waals surface area contributed by atoms with Crippen LogP contribution in [0.4, 0.5) is 4.39 Å². The van der Waals surface area contributed by atoms with E-state index in [1.54, 1.807) is 12.1 Å². The predicted octanol–water partition coefficient (Wildman–Crippen LogP) is 10.5. The van der Waals surface area contributed by atoms with Crippen molar-refractivity contribution in [3.05, 3.63) is 132 Å². The Kier molecular flexibility index (Phi) is 5.74. The molecule has 2 nitrogen and oxygen atoms in total. The van der Waals surface area contributed by atoms with E-state index in [9.17, 15) is 0 Å². The normalized spacial score (nSPS) is 12.3. The fourth-order valence-corrected chi connectivity index (χ4v) is 7.35. The quantitative estimate of drug-likeness (QED) is 0.144. The summed E-state index contributed by atoms with van der Waals surface area (Å²) in [5.41, 5.74) is 7.67. The standard InChI is InChI=1S/C41H34FN2/c1-25-26-12-6-7-13-29(26)35(41(2,3)4)24-34(25)39-33-21-20-31-27(28(33)22-23-43(39)5)15-11-19-38(31)44-37-18-9-8-14-30(37)32-16-10-17-36(42)40(32)44/h6-24H,1-5H3/q+1. The summed E-state index contributed by atoms with van der Waals surface area (Å²) in [7, 11) is 2.14. The first kappa shape index (κ1) is 26.6. The number of halogens is 1. The van der Waals surface area contributed by atoms with Gasteiger partial charge in [-0.15, -0.1) is 0 Å². The number of hydrogen-bond acceptors (Lipinski definition) is 0. The van der Waals surface area contributed by atoms with Gasteiger partial charge in [0.2, 0.25) is 5.69 Å². The summed E-state index contributed by atoms with van der Waals surface area (Å²) in [6.07, 6.45) is 2.18. The minimum atomic E-state index is -0.216. The third-order valence-corrected chi connectivity index (χ3v) is 9.42. The van der Waals surface area contributed by atoms with Gasteiger partial charge >= 0.3 is 0 Å². The van der Waals surface area contributed by atoms with Gasteiger partial charge in [-0.05, 0) is 70.0 Å². The zero-order chi connectivity index (χ0) is 30.3. The van der Waals surface area contributed by atoms with Crippen molar-refractivity contribution < 1.29 is 8.96 Å². The van der Waals surface area contributed by atoms with E-state index < -0.39 is 0 Å². The number of benzene rings is 6. The first-order valence-electron chi connectivity index (χ1n) is 15.3. The van der Waals surface area contributed by atoms with Crippen molar-refractivity contribution >= 4 is 54.1 Å². The summed E-state index contributed by atoms with van der Waals surface area (Å²) in [4.78, 5) is 0. The molecule has 44 heavy (non-hydrogen) atoms. The van der Waals surface area contributed by atoms with Crippen molar-refractivity contribution in [1.29, 1.82) is 0 Å². The van der Waals surface area contributed by atoms with Crippen molar-refractivity contribution in [2.24, 2.45) is 7.05 Å². The average Bonchev–Trinajstić information content (AvgIpc) is 3.36. The molecule has 214 valence electrons. The van der Waals surface area contributed by atoms with Crippen molar-refractivity contribution in [2.75, 3.05) is 0 Å². The highest BCUT2D eigenvalue weighted by Crippen LogP contribution is 2.41. The van der Waals surface area contributed by atoms with E-state index in [-0.39, 0.29) is 11.2 Å². The van der Waals surface area contributed by atoms with Crippen LogP contribution in [0, 0.1) is 12.7 Å². The molecule has 0 aliphatic carbocycles. The van der Waals surface area contributed by atoms with Crippen molar-refractivity contribution in [2.45, 2.75) is 33.1 Å².